The molecular weight excluding hydrogens is 566 g/mol. The van der Waals surface area contributed by atoms with Crippen molar-refractivity contribution in [3.05, 3.63) is 95.6 Å². The van der Waals surface area contributed by atoms with Crippen molar-refractivity contribution in [2.45, 2.75) is 49.6 Å². The van der Waals surface area contributed by atoms with Gasteiger partial charge >= 0.3 is 0 Å². The summed E-state index contributed by atoms with van der Waals surface area (Å²) in [6.45, 7) is 2.03. The highest BCUT2D eigenvalue weighted by atomic mass is 32.2. The van der Waals surface area contributed by atoms with E-state index in [9.17, 15) is 18.0 Å². The van der Waals surface area contributed by atoms with E-state index in [1.165, 1.54) is 4.31 Å². The van der Waals surface area contributed by atoms with E-state index in [0.717, 1.165) is 29.5 Å². The number of ether oxygens (including phenoxy) is 2. The second-order valence-electron chi connectivity index (χ2n) is 10.6. The molecule has 0 bridgehead atoms. The predicted molar refractivity (Wildman–Crippen MR) is 165 cm³/mol. The highest BCUT2D eigenvalue weighted by Gasteiger charge is 2.30. The number of methoxy groups -OCH3 is 2. The Hall–Kier alpha value is -3.73. The molecule has 10 heteroatoms. The van der Waals surface area contributed by atoms with Crippen LogP contribution in [0.2, 0.25) is 0 Å². The van der Waals surface area contributed by atoms with Gasteiger partial charge in [-0.15, -0.1) is 0 Å². The van der Waals surface area contributed by atoms with Gasteiger partial charge in [-0.1, -0.05) is 54.6 Å². The van der Waals surface area contributed by atoms with E-state index in [0.29, 0.717) is 44.8 Å². The van der Waals surface area contributed by atoms with Crippen molar-refractivity contribution in [1.29, 1.82) is 0 Å². The molecule has 230 valence electrons. The molecule has 0 radical (unpaired) electrons. The molecule has 4 rings (SSSR count). The van der Waals surface area contributed by atoms with Gasteiger partial charge in [0.15, 0.2) is 0 Å². The summed E-state index contributed by atoms with van der Waals surface area (Å²) in [6, 6.07) is 23.1. The van der Waals surface area contributed by atoms with Crippen LogP contribution >= 0.6 is 0 Å². The van der Waals surface area contributed by atoms with E-state index in [4.69, 9.17) is 9.47 Å². The van der Waals surface area contributed by atoms with Gasteiger partial charge in [-0.05, 0) is 60.2 Å². The number of nitrogens with one attached hydrogen (secondary N) is 1. The fraction of sp³-hybridized carbons (Fsp3) is 0.394. The molecule has 43 heavy (non-hydrogen) atoms. The molecule has 3 aromatic carbocycles. The predicted octanol–water partition coefficient (Wildman–Crippen LogP) is 3.82. The zero-order valence-corrected chi connectivity index (χ0v) is 25.7. The average molecular weight is 608 g/mol. The lowest BCUT2D eigenvalue weighted by atomic mass is 10.0. The van der Waals surface area contributed by atoms with Crippen molar-refractivity contribution < 1.29 is 27.5 Å². The average Bonchev–Trinajstić information content (AvgIpc) is 3.59. The van der Waals surface area contributed by atoms with Gasteiger partial charge in [-0.25, -0.2) is 8.42 Å². The van der Waals surface area contributed by atoms with E-state index >= 15 is 0 Å². The van der Waals surface area contributed by atoms with E-state index in [1.54, 1.807) is 43.4 Å². The summed E-state index contributed by atoms with van der Waals surface area (Å²) in [4.78, 5) is 29.3. The SMILES string of the molecule is COCCNC(=O)[C@@H](Cc1ccccc1)N(Cc1ccc(OC)cc1)C(=O)CCc1ccc(S(=O)(=O)N2CCCC2)cc1. The Bertz CT molecular complexity index is 1420. The maximum atomic E-state index is 13.9. The lowest BCUT2D eigenvalue weighted by Crippen LogP contribution is -2.51. The maximum Gasteiger partial charge on any atom is 0.243 e. The number of hydrogen-bond donors (Lipinski definition) is 1. The molecule has 1 aliphatic rings. The number of sulfonamides is 1. The molecule has 3 aromatic rings. The first-order valence-corrected chi connectivity index (χ1v) is 16.1. The van der Waals surface area contributed by atoms with Crippen molar-refractivity contribution in [3.8, 4) is 5.75 Å². The lowest BCUT2D eigenvalue weighted by molar-refractivity contribution is -0.141. The smallest absolute Gasteiger partial charge is 0.243 e. The van der Waals surface area contributed by atoms with Gasteiger partial charge in [0.05, 0.1) is 18.6 Å². The van der Waals surface area contributed by atoms with Crippen LogP contribution in [0.4, 0.5) is 0 Å². The minimum Gasteiger partial charge on any atom is -0.497 e. The first-order chi connectivity index (χ1) is 20.8. The molecule has 1 fully saturated rings. The van der Waals surface area contributed by atoms with Crippen LogP contribution in [0.3, 0.4) is 0 Å². The van der Waals surface area contributed by atoms with Crippen molar-refractivity contribution in [2.24, 2.45) is 0 Å². The number of aryl methyl sites for hydroxylation is 1. The highest BCUT2D eigenvalue weighted by molar-refractivity contribution is 7.89. The molecule has 1 atom stereocenters. The van der Waals surface area contributed by atoms with Crippen molar-refractivity contribution in [1.82, 2.24) is 14.5 Å². The number of carbonyl (C=O) groups is 2. The third-order valence-corrected chi connectivity index (χ3v) is 9.56. The summed E-state index contributed by atoms with van der Waals surface area (Å²) in [5, 5.41) is 2.92. The molecule has 1 heterocycles. The number of rotatable bonds is 15. The third kappa shape index (κ3) is 8.89. The second-order valence-corrected chi connectivity index (χ2v) is 12.6. The van der Waals surface area contributed by atoms with Gasteiger partial charge in [0.1, 0.15) is 11.8 Å². The normalized spacial score (nSPS) is 14.3. The summed E-state index contributed by atoms with van der Waals surface area (Å²) >= 11 is 0. The quantitative estimate of drug-likeness (QED) is 0.264. The highest BCUT2D eigenvalue weighted by Crippen LogP contribution is 2.22. The van der Waals surface area contributed by atoms with E-state index in [1.807, 2.05) is 54.6 Å². The van der Waals surface area contributed by atoms with Gasteiger partial charge in [0.25, 0.3) is 0 Å². The Balaban J connectivity index is 1.54. The molecule has 2 amide bonds. The zero-order chi connectivity index (χ0) is 30.7. The molecule has 1 N–H and O–H groups in total. The van der Waals surface area contributed by atoms with Crippen LogP contribution < -0.4 is 10.1 Å². The minimum absolute atomic E-state index is 0.158. The monoisotopic (exact) mass is 607 g/mol. The topological polar surface area (TPSA) is 105 Å². The van der Waals surface area contributed by atoms with Crippen LogP contribution in [0.25, 0.3) is 0 Å². The molecule has 0 spiro atoms. The first-order valence-electron chi connectivity index (χ1n) is 14.6. The molecular formula is C33H41N3O6S. The molecule has 1 saturated heterocycles. The van der Waals surface area contributed by atoms with E-state index in [-0.39, 0.29) is 29.7 Å². The first kappa shape index (κ1) is 32.2. The fourth-order valence-electron chi connectivity index (χ4n) is 5.18. The molecule has 0 aromatic heterocycles. The minimum atomic E-state index is -3.50. The molecule has 0 unspecified atom stereocenters. The Morgan fingerprint density at radius 2 is 1.53 bits per heavy atom. The second kappa shape index (κ2) is 15.7. The van der Waals surface area contributed by atoms with Crippen molar-refractivity contribution in [3.63, 3.8) is 0 Å². The van der Waals surface area contributed by atoms with Crippen molar-refractivity contribution >= 4 is 21.8 Å². The van der Waals surface area contributed by atoms with E-state index < -0.39 is 16.1 Å². The number of hydrogen-bond acceptors (Lipinski definition) is 6. The number of carbonyl (C=O) groups excluding carboxylic acids is 2. The lowest BCUT2D eigenvalue weighted by Gasteiger charge is -2.31. The Kier molecular flexibility index (Phi) is 11.7. The summed E-state index contributed by atoms with van der Waals surface area (Å²) < 4.78 is 37.7. The Morgan fingerprint density at radius 3 is 2.16 bits per heavy atom. The molecule has 9 nitrogen and oxygen atoms in total. The van der Waals surface area contributed by atoms with E-state index in [2.05, 4.69) is 5.32 Å². The van der Waals surface area contributed by atoms with Gasteiger partial charge in [-0.3, -0.25) is 9.59 Å². The van der Waals surface area contributed by atoms with Crippen LogP contribution in [0.5, 0.6) is 5.75 Å². The Labute approximate surface area is 254 Å². The van der Waals surface area contributed by atoms with Crippen LogP contribution in [0, 0.1) is 0 Å². The van der Waals surface area contributed by atoms with Crippen LogP contribution in [-0.2, 0) is 43.7 Å². The maximum absolute atomic E-state index is 13.9. The number of amides is 2. The summed E-state index contributed by atoms with van der Waals surface area (Å²) in [7, 11) is -0.337. The summed E-state index contributed by atoms with van der Waals surface area (Å²) in [5.74, 6) is 0.279. The molecule has 0 aliphatic carbocycles. The van der Waals surface area contributed by atoms with Crippen LogP contribution in [0.15, 0.2) is 83.8 Å². The van der Waals surface area contributed by atoms with Gasteiger partial charge < -0.3 is 19.7 Å². The van der Waals surface area contributed by atoms with Gasteiger partial charge in [-0.2, -0.15) is 4.31 Å². The molecule has 1 aliphatic heterocycles. The largest absolute Gasteiger partial charge is 0.497 e. The standard InChI is InChI=1S/C33H41N3O6S/c1-41-23-20-34-33(38)31(24-27-8-4-3-5-9-27)36(25-28-10-15-29(42-2)16-11-28)32(37)19-14-26-12-17-30(18-13-26)43(39,40)35-21-6-7-22-35/h3-5,8-13,15-18,31H,6-7,14,19-25H2,1-2H3,(H,34,38)/t31-/m1/s1. The van der Waals surface area contributed by atoms with Crippen LogP contribution in [-0.4, -0.2) is 75.9 Å². The van der Waals surface area contributed by atoms with Crippen molar-refractivity contribution in [2.75, 3.05) is 40.5 Å². The fourth-order valence-corrected chi connectivity index (χ4v) is 6.69. The third-order valence-electron chi connectivity index (χ3n) is 7.64. The van der Waals surface area contributed by atoms with Gasteiger partial charge in [0.2, 0.25) is 21.8 Å². The zero-order valence-electron chi connectivity index (χ0n) is 24.9. The molecule has 0 saturated carbocycles. The Morgan fingerprint density at radius 1 is 0.884 bits per heavy atom. The summed E-state index contributed by atoms with van der Waals surface area (Å²) in [5.41, 5.74) is 2.66. The number of benzene rings is 3. The number of nitrogens with zero attached hydrogens (tertiary/aromatic N) is 2. The summed E-state index contributed by atoms with van der Waals surface area (Å²) in [6.07, 6.45) is 2.67. The van der Waals surface area contributed by atoms with Crippen LogP contribution in [0.1, 0.15) is 36.0 Å². The van der Waals surface area contributed by atoms with Gasteiger partial charge in [0, 0.05) is 46.1 Å².